The van der Waals surface area contributed by atoms with Gasteiger partial charge in [0, 0.05) is 6.54 Å². The summed E-state index contributed by atoms with van der Waals surface area (Å²) in [6, 6.07) is 8.25. The van der Waals surface area contributed by atoms with Gasteiger partial charge in [0.25, 0.3) is 0 Å². The summed E-state index contributed by atoms with van der Waals surface area (Å²) in [5.74, 6) is -0.314. The number of nitrogens with one attached hydrogen (secondary N) is 1. The van der Waals surface area contributed by atoms with Crippen LogP contribution in [-0.2, 0) is 11.3 Å². The number of esters is 1. The molecule has 0 aliphatic rings. The van der Waals surface area contributed by atoms with Crippen LogP contribution in [0.4, 0.5) is 5.00 Å². The smallest absolute Gasteiger partial charge is 0.343 e. The highest BCUT2D eigenvalue weighted by Gasteiger charge is 2.19. The van der Waals surface area contributed by atoms with Crippen molar-refractivity contribution in [2.24, 2.45) is 0 Å². The van der Waals surface area contributed by atoms with Gasteiger partial charge in [-0.1, -0.05) is 29.8 Å². The fourth-order valence-corrected chi connectivity index (χ4v) is 2.72. The first kappa shape index (κ1) is 14.5. The molecule has 1 aromatic heterocycles. The molecule has 0 atom stereocenters. The van der Waals surface area contributed by atoms with Crippen molar-refractivity contribution in [3.63, 3.8) is 0 Å². The van der Waals surface area contributed by atoms with E-state index in [4.69, 9.17) is 4.74 Å². The van der Waals surface area contributed by atoms with Gasteiger partial charge in [-0.25, -0.2) is 4.79 Å². The lowest BCUT2D eigenvalue weighted by Gasteiger charge is -2.07. The normalized spacial score (nSPS) is 10.3. The van der Waals surface area contributed by atoms with Crippen molar-refractivity contribution in [3.05, 3.63) is 46.6 Å². The molecule has 0 fully saturated rings. The quantitative estimate of drug-likeness (QED) is 0.856. The number of rotatable bonds is 5. The number of hydrogen-bond donors (Lipinski definition) is 1. The molecular weight excluding hydrogens is 272 g/mol. The Hall–Kier alpha value is -1.88. The summed E-state index contributed by atoms with van der Waals surface area (Å²) in [5, 5.41) is 4.04. The first-order valence-corrected chi connectivity index (χ1v) is 7.32. The Labute approximate surface area is 123 Å². The van der Waals surface area contributed by atoms with E-state index in [1.807, 2.05) is 13.0 Å². The zero-order chi connectivity index (χ0) is 14.5. The Morgan fingerprint density at radius 2 is 2.20 bits per heavy atom. The van der Waals surface area contributed by atoms with Crippen molar-refractivity contribution >= 4 is 22.5 Å². The second-order valence-electron chi connectivity index (χ2n) is 4.54. The maximum atomic E-state index is 11.9. The standard InChI is InChI=1S/C15H18N2O2S/c1-4-19-15(18)13-11(3)17-20-14(13)16-9-12-7-5-6-10(2)8-12/h5-8,16H,4,9H2,1-3H3. The van der Waals surface area contributed by atoms with Crippen LogP contribution in [0, 0.1) is 13.8 Å². The van der Waals surface area contributed by atoms with Crippen molar-refractivity contribution in [2.45, 2.75) is 27.3 Å². The zero-order valence-electron chi connectivity index (χ0n) is 11.9. The maximum absolute atomic E-state index is 11.9. The van der Waals surface area contributed by atoms with Crippen LogP contribution in [0.5, 0.6) is 0 Å². The van der Waals surface area contributed by atoms with E-state index in [-0.39, 0.29) is 5.97 Å². The monoisotopic (exact) mass is 290 g/mol. The summed E-state index contributed by atoms with van der Waals surface area (Å²) in [6.07, 6.45) is 0. The van der Waals surface area contributed by atoms with Crippen LogP contribution in [0.15, 0.2) is 24.3 Å². The maximum Gasteiger partial charge on any atom is 0.343 e. The Kier molecular flexibility index (Phi) is 4.74. The molecule has 0 aliphatic carbocycles. The molecule has 0 aliphatic heterocycles. The lowest BCUT2D eigenvalue weighted by atomic mass is 10.1. The predicted octanol–water partition coefficient (Wildman–Crippen LogP) is 3.55. The summed E-state index contributed by atoms with van der Waals surface area (Å²) in [6.45, 7) is 6.71. The molecule has 1 heterocycles. The molecule has 0 unspecified atom stereocenters. The number of benzene rings is 1. The van der Waals surface area contributed by atoms with E-state index >= 15 is 0 Å². The molecule has 0 spiro atoms. The summed E-state index contributed by atoms with van der Waals surface area (Å²) >= 11 is 1.29. The molecule has 106 valence electrons. The molecule has 0 saturated carbocycles. The largest absolute Gasteiger partial charge is 0.462 e. The number of ether oxygens (including phenoxy) is 1. The zero-order valence-corrected chi connectivity index (χ0v) is 12.7. The molecule has 0 amide bonds. The summed E-state index contributed by atoms with van der Waals surface area (Å²) < 4.78 is 9.29. The Bertz CT molecular complexity index is 608. The fourth-order valence-electron chi connectivity index (χ4n) is 1.94. The third-order valence-corrected chi connectivity index (χ3v) is 3.77. The van der Waals surface area contributed by atoms with Crippen molar-refractivity contribution < 1.29 is 9.53 Å². The van der Waals surface area contributed by atoms with E-state index in [0.717, 1.165) is 5.00 Å². The van der Waals surface area contributed by atoms with Gasteiger partial charge in [0.2, 0.25) is 0 Å². The van der Waals surface area contributed by atoms with Crippen LogP contribution in [0.1, 0.15) is 34.1 Å². The van der Waals surface area contributed by atoms with Crippen LogP contribution < -0.4 is 5.32 Å². The van der Waals surface area contributed by atoms with Crippen molar-refractivity contribution in [3.8, 4) is 0 Å². The van der Waals surface area contributed by atoms with E-state index in [1.165, 1.54) is 22.7 Å². The van der Waals surface area contributed by atoms with Crippen LogP contribution in [-0.4, -0.2) is 16.9 Å². The van der Waals surface area contributed by atoms with Gasteiger partial charge in [-0.05, 0) is 37.9 Å². The van der Waals surface area contributed by atoms with Gasteiger partial charge in [0.15, 0.2) is 0 Å². The molecule has 5 heteroatoms. The topological polar surface area (TPSA) is 51.2 Å². The Morgan fingerprint density at radius 1 is 1.40 bits per heavy atom. The molecule has 0 bridgehead atoms. The average molecular weight is 290 g/mol. The lowest BCUT2D eigenvalue weighted by Crippen LogP contribution is -2.09. The Balaban J connectivity index is 2.12. The van der Waals surface area contributed by atoms with Crippen LogP contribution in [0.3, 0.4) is 0 Å². The molecule has 1 aromatic carbocycles. The first-order valence-electron chi connectivity index (χ1n) is 6.54. The molecule has 0 saturated heterocycles. The highest BCUT2D eigenvalue weighted by molar-refractivity contribution is 7.10. The average Bonchev–Trinajstić information content (AvgIpc) is 2.78. The summed E-state index contributed by atoms with van der Waals surface area (Å²) in [5.41, 5.74) is 3.64. The fraction of sp³-hybridized carbons (Fsp3) is 0.333. The van der Waals surface area contributed by atoms with Gasteiger partial charge in [0.1, 0.15) is 10.6 Å². The summed E-state index contributed by atoms with van der Waals surface area (Å²) in [7, 11) is 0. The van der Waals surface area contributed by atoms with Gasteiger partial charge >= 0.3 is 5.97 Å². The third-order valence-electron chi connectivity index (χ3n) is 2.88. The van der Waals surface area contributed by atoms with Gasteiger partial charge in [-0.3, -0.25) is 0 Å². The number of carbonyl (C=O) groups is 1. The van der Waals surface area contributed by atoms with Gasteiger partial charge in [-0.15, -0.1) is 0 Å². The molecule has 4 nitrogen and oxygen atoms in total. The predicted molar refractivity (Wildman–Crippen MR) is 81.3 cm³/mol. The van der Waals surface area contributed by atoms with E-state index in [2.05, 4.69) is 34.8 Å². The second-order valence-corrected chi connectivity index (χ2v) is 5.31. The molecule has 20 heavy (non-hydrogen) atoms. The SMILES string of the molecule is CCOC(=O)c1c(C)nsc1NCc1cccc(C)c1. The highest BCUT2D eigenvalue weighted by atomic mass is 32.1. The van der Waals surface area contributed by atoms with Crippen molar-refractivity contribution in [2.75, 3.05) is 11.9 Å². The second kappa shape index (κ2) is 6.52. The van der Waals surface area contributed by atoms with Gasteiger partial charge in [-0.2, -0.15) is 4.37 Å². The number of hydrogen-bond acceptors (Lipinski definition) is 5. The minimum atomic E-state index is -0.314. The minimum Gasteiger partial charge on any atom is -0.462 e. The number of anilines is 1. The van der Waals surface area contributed by atoms with Crippen LogP contribution >= 0.6 is 11.5 Å². The van der Waals surface area contributed by atoms with E-state index in [1.54, 1.807) is 6.92 Å². The number of carbonyl (C=O) groups excluding carboxylic acids is 1. The number of aromatic nitrogens is 1. The first-order chi connectivity index (χ1) is 9.61. The van der Waals surface area contributed by atoms with Crippen LogP contribution in [0.2, 0.25) is 0 Å². The minimum absolute atomic E-state index is 0.314. The van der Waals surface area contributed by atoms with Gasteiger partial charge in [0.05, 0.1) is 12.3 Å². The highest BCUT2D eigenvalue weighted by Crippen LogP contribution is 2.26. The number of nitrogens with zero attached hydrogens (tertiary/aromatic N) is 1. The molecule has 2 aromatic rings. The summed E-state index contributed by atoms with van der Waals surface area (Å²) in [4.78, 5) is 11.9. The molecular formula is C15H18N2O2S. The lowest BCUT2D eigenvalue weighted by molar-refractivity contribution is 0.0527. The number of aryl methyl sites for hydroxylation is 2. The third kappa shape index (κ3) is 3.36. The van der Waals surface area contributed by atoms with Crippen molar-refractivity contribution in [1.82, 2.24) is 4.37 Å². The Morgan fingerprint density at radius 3 is 2.90 bits per heavy atom. The molecule has 1 N–H and O–H groups in total. The van der Waals surface area contributed by atoms with Crippen molar-refractivity contribution in [1.29, 1.82) is 0 Å². The van der Waals surface area contributed by atoms with Crippen LogP contribution in [0.25, 0.3) is 0 Å². The van der Waals surface area contributed by atoms with E-state index in [0.29, 0.717) is 24.4 Å². The molecule has 0 radical (unpaired) electrons. The van der Waals surface area contributed by atoms with E-state index in [9.17, 15) is 4.79 Å². The molecule has 2 rings (SSSR count). The van der Waals surface area contributed by atoms with E-state index < -0.39 is 0 Å². The van der Waals surface area contributed by atoms with Gasteiger partial charge < -0.3 is 10.1 Å².